The van der Waals surface area contributed by atoms with Crippen LogP contribution in [0.3, 0.4) is 0 Å². The number of nitrogens with zero attached hydrogens (tertiary/aromatic N) is 1. The number of hydrogen-bond donors (Lipinski definition) is 2. The first-order valence-electron chi connectivity index (χ1n) is 10.3. The molecule has 2 aromatic rings. The van der Waals surface area contributed by atoms with Gasteiger partial charge in [0.25, 0.3) is 5.91 Å². The van der Waals surface area contributed by atoms with Gasteiger partial charge >= 0.3 is 6.36 Å². The number of hydrogen-bond acceptors (Lipinski definition) is 5. The molecular formula is C22H25BrF3N3O3. The van der Waals surface area contributed by atoms with E-state index in [2.05, 4.69) is 36.3 Å². The van der Waals surface area contributed by atoms with E-state index in [1.807, 2.05) is 13.8 Å². The highest BCUT2D eigenvalue weighted by Gasteiger charge is 2.32. The lowest BCUT2D eigenvalue weighted by Gasteiger charge is -2.22. The van der Waals surface area contributed by atoms with E-state index >= 15 is 0 Å². The quantitative estimate of drug-likeness (QED) is 0.489. The molecule has 10 heteroatoms. The van der Waals surface area contributed by atoms with Gasteiger partial charge in [-0.15, -0.1) is 13.2 Å². The van der Waals surface area contributed by atoms with Crippen LogP contribution in [0.4, 0.5) is 24.7 Å². The summed E-state index contributed by atoms with van der Waals surface area (Å²) in [6, 6.07) is 5.91. The Morgan fingerprint density at radius 2 is 2.00 bits per heavy atom. The summed E-state index contributed by atoms with van der Waals surface area (Å²) in [6.45, 7) is 6.00. The number of pyridine rings is 1. The Labute approximate surface area is 193 Å². The van der Waals surface area contributed by atoms with Crippen LogP contribution in [0.15, 0.2) is 34.9 Å². The molecule has 1 aliphatic heterocycles. The number of aromatic nitrogens is 1. The zero-order valence-corrected chi connectivity index (χ0v) is 19.3. The number of ether oxygens (including phenoxy) is 2. The molecule has 0 saturated carbocycles. The molecule has 2 heterocycles. The number of alkyl halides is 3. The second-order valence-electron chi connectivity index (χ2n) is 7.90. The second kappa shape index (κ2) is 10.5. The van der Waals surface area contributed by atoms with Crippen LogP contribution in [0.2, 0.25) is 0 Å². The summed E-state index contributed by atoms with van der Waals surface area (Å²) in [6.07, 6.45) is -1.39. The van der Waals surface area contributed by atoms with Crippen molar-refractivity contribution in [3.63, 3.8) is 0 Å². The first-order valence-corrected chi connectivity index (χ1v) is 11.1. The summed E-state index contributed by atoms with van der Waals surface area (Å²) in [7, 11) is 0. The highest BCUT2D eigenvalue weighted by Crippen LogP contribution is 2.33. The van der Waals surface area contributed by atoms with E-state index in [1.54, 1.807) is 6.07 Å². The SMILES string of the molecule is CC(C)c1cc(Nc2ccc(OC(F)(F)F)c(Br)c2)ncc1C(=O)NCC1CCOCC1. The number of amides is 1. The van der Waals surface area contributed by atoms with Gasteiger partial charge in [-0.3, -0.25) is 4.79 Å². The maximum absolute atomic E-state index is 12.8. The predicted octanol–water partition coefficient (Wildman–Crippen LogP) is 5.77. The van der Waals surface area contributed by atoms with E-state index in [9.17, 15) is 18.0 Å². The molecule has 1 aromatic heterocycles. The molecular weight excluding hydrogens is 491 g/mol. The van der Waals surface area contributed by atoms with Crippen LogP contribution < -0.4 is 15.4 Å². The molecule has 3 rings (SSSR count). The van der Waals surface area contributed by atoms with Gasteiger partial charge in [-0.05, 0) is 70.4 Å². The fraction of sp³-hybridized carbons (Fsp3) is 0.455. The summed E-state index contributed by atoms with van der Waals surface area (Å²) in [5, 5.41) is 6.05. The van der Waals surface area contributed by atoms with Crippen molar-refractivity contribution in [2.24, 2.45) is 5.92 Å². The van der Waals surface area contributed by atoms with Gasteiger partial charge in [-0.1, -0.05) is 13.8 Å². The summed E-state index contributed by atoms with van der Waals surface area (Å²) >= 11 is 3.09. The average molecular weight is 516 g/mol. The summed E-state index contributed by atoms with van der Waals surface area (Å²) < 4.78 is 46.8. The standard InChI is InChI=1S/C22H25BrF3N3O3/c1-13(2)16-10-20(29-15-3-4-19(18(23)9-15)32-22(24,25)26)27-12-17(16)21(30)28-11-14-5-7-31-8-6-14/h3-4,9-10,12-14H,5-8,11H2,1-2H3,(H,27,29)(H,28,30). The number of carbonyl (C=O) groups excluding carboxylic acids is 1. The van der Waals surface area contributed by atoms with Crippen LogP contribution in [0.25, 0.3) is 0 Å². The molecule has 174 valence electrons. The number of anilines is 2. The van der Waals surface area contributed by atoms with Crippen LogP contribution in [-0.4, -0.2) is 37.0 Å². The van der Waals surface area contributed by atoms with Gasteiger partial charge in [0.05, 0.1) is 10.0 Å². The molecule has 32 heavy (non-hydrogen) atoms. The number of rotatable bonds is 7. The lowest BCUT2D eigenvalue weighted by Crippen LogP contribution is -2.32. The molecule has 1 fully saturated rings. The van der Waals surface area contributed by atoms with Crippen molar-refractivity contribution >= 4 is 33.3 Å². The molecule has 6 nitrogen and oxygen atoms in total. The Balaban J connectivity index is 1.71. The highest BCUT2D eigenvalue weighted by molar-refractivity contribution is 9.10. The zero-order valence-electron chi connectivity index (χ0n) is 17.8. The van der Waals surface area contributed by atoms with Gasteiger partial charge in [0.1, 0.15) is 11.6 Å². The van der Waals surface area contributed by atoms with E-state index in [4.69, 9.17) is 4.74 Å². The minimum Gasteiger partial charge on any atom is -0.405 e. The summed E-state index contributed by atoms with van der Waals surface area (Å²) in [5.41, 5.74) is 1.85. The highest BCUT2D eigenvalue weighted by atomic mass is 79.9. The van der Waals surface area contributed by atoms with E-state index < -0.39 is 6.36 Å². The Bertz CT molecular complexity index is 948. The fourth-order valence-corrected chi connectivity index (χ4v) is 3.88. The van der Waals surface area contributed by atoms with E-state index in [1.165, 1.54) is 24.4 Å². The zero-order chi connectivity index (χ0) is 23.3. The Morgan fingerprint density at radius 3 is 2.62 bits per heavy atom. The van der Waals surface area contributed by atoms with Gasteiger partial charge in [0.15, 0.2) is 0 Å². The minimum atomic E-state index is -4.77. The molecule has 1 aliphatic rings. The van der Waals surface area contributed by atoms with Gasteiger partial charge < -0.3 is 20.1 Å². The minimum absolute atomic E-state index is 0.0664. The lowest BCUT2D eigenvalue weighted by atomic mass is 9.97. The van der Waals surface area contributed by atoms with E-state index in [0.29, 0.717) is 29.5 Å². The number of carbonyl (C=O) groups is 1. The first-order chi connectivity index (χ1) is 15.1. The van der Waals surface area contributed by atoms with Crippen LogP contribution in [-0.2, 0) is 4.74 Å². The van der Waals surface area contributed by atoms with Gasteiger partial charge in [-0.25, -0.2) is 4.98 Å². The van der Waals surface area contributed by atoms with Crippen molar-refractivity contribution in [3.8, 4) is 5.75 Å². The molecule has 0 atom stereocenters. The maximum Gasteiger partial charge on any atom is 0.573 e. The molecule has 1 amide bonds. The molecule has 0 radical (unpaired) electrons. The first kappa shape index (κ1) is 24.3. The molecule has 2 N–H and O–H groups in total. The van der Waals surface area contributed by atoms with Gasteiger partial charge in [0, 0.05) is 31.6 Å². The molecule has 1 saturated heterocycles. The van der Waals surface area contributed by atoms with Crippen LogP contribution in [0.1, 0.15) is 48.5 Å². The Hall–Kier alpha value is -2.33. The molecule has 0 aliphatic carbocycles. The maximum atomic E-state index is 12.8. The Morgan fingerprint density at radius 1 is 1.28 bits per heavy atom. The van der Waals surface area contributed by atoms with Crippen LogP contribution >= 0.6 is 15.9 Å². The second-order valence-corrected chi connectivity index (χ2v) is 8.75. The summed E-state index contributed by atoms with van der Waals surface area (Å²) in [4.78, 5) is 17.1. The van der Waals surface area contributed by atoms with E-state index in [-0.39, 0.29) is 22.0 Å². The topological polar surface area (TPSA) is 72.5 Å². The smallest absolute Gasteiger partial charge is 0.405 e. The molecule has 0 unspecified atom stereocenters. The number of nitrogens with one attached hydrogen (secondary N) is 2. The fourth-order valence-electron chi connectivity index (χ4n) is 3.42. The van der Waals surface area contributed by atoms with Gasteiger partial charge in [-0.2, -0.15) is 0 Å². The molecule has 0 spiro atoms. The third-order valence-electron chi connectivity index (χ3n) is 5.12. The molecule has 1 aromatic carbocycles. The largest absolute Gasteiger partial charge is 0.573 e. The number of benzene rings is 1. The third-order valence-corrected chi connectivity index (χ3v) is 5.74. The van der Waals surface area contributed by atoms with Crippen molar-refractivity contribution in [2.45, 2.75) is 39.0 Å². The third kappa shape index (κ3) is 6.83. The van der Waals surface area contributed by atoms with Crippen LogP contribution in [0, 0.1) is 5.92 Å². The molecule has 0 bridgehead atoms. The van der Waals surface area contributed by atoms with Crippen molar-refractivity contribution in [1.29, 1.82) is 0 Å². The number of halogens is 4. The van der Waals surface area contributed by atoms with Gasteiger partial charge in [0.2, 0.25) is 0 Å². The predicted molar refractivity (Wildman–Crippen MR) is 118 cm³/mol. The van der Waals surface area contributed by atoms with Crippen molar-refractivity contribution in [2.75, 3.05) is 25.1 Å². The van der Waals surface area contributed by atoms with Crippen molar-refractivity contribution in [3.05, 3.63) is 46.1 Å². The van der Waals surface area contributed by atoms with Crippen molar-refractivity contribution in [1.82, 2.24) is 10.3 Å². The van der Waals surface area contributed by atoms with Crippen LogP contribution in [0.5, 0.6) is 5.75 Å². The normalized spacial score (nSPS) is 15.0. The summed E-state index contributed by atoms with van der Waals surface area (Å²) in [5.74, 6) is 0.445. The monoisotopic (exact) mass is 515 g/mol. The van der Waals surface area contributed by atoms with Crippen molar-refractivity contribution < 1.29 is 27.4 Å². The lowest BCUT2D eigenvalue weighted by molar-refractivity contribution is -0.274. The van der Waals surface area contributed by atoms with E-state index in [0.717, 1.165) is 31.6 Å². The Kier molecular flexibility index (Phi) is 8.00. The average Bonchev–Trinajstić information content (AvgIpc) is 2.74.